The molecule has 0 atom stereocenters. The molecule has 0 aromatic heterocycles. The summed E-state index contributed by atoms with van der Waals surface area (Å²) >= 11 is 0. The van der Waals surface area contributed by atoms with Gasteiger partial charge in [-0.15, -0.1) is 0 Å². The average Bonchev–Trinajstić information content (AvgIpc) is 2.14. The summed E-state index contributed by atoms with van der Waals surface area (Å²) in [6.45, 7) is 3.79. The minimum atomic E-state index is -0.487. The third kappa shape index (κ3) is 1.73. The summed E-state index contributed by atoms with van der Waals surface area (Å²) in [5.74, 6) is 0.289. The molecule has 1 aromatic rings. The summed E-state index contributed by atoms with van der Waals surface area (Å²) in [4.78, 5) is 11.3. The van der Waals surface area contributed by atoms with Gasteiger partial charge in [-0.05, 0) is 26.0 Å². The van der Waals surface area contributed by atoms with Crippen molar-refractivity contribution in [1.29, 1.82) is 0 Å². The molecule has 0 aliphatic carbocycles. The zero-order chi connectivity index (χ0) is 11.1. The van der Waals surface area contributed by atoms with Gasteiger partial charge < -0.3 is 10.5 Å². The van der Waals surface area contributed by atoms with E-state index in [2.05, 4.69) is 0 Å². The number of para-hydroxylation sites is 1. The van der Waals surface area contributed by atoms with Gasteiger partial charge in [0.05, 0.1) is 0 Å². The van der Waals surface area contributed by atoms with Crippen molar-refractivity contribution in [2.75, 3.05) is 0 Å². The Morgan fingerprint density at radius 1 is 1.33 bits per heavy atom. The first-order chi connectivity index (χ1) is 6.99. The molecule has 1 aliphatic rings. The summed E-state index contributed by atoms with van der Waals surface area (Å²) in [7, 11) is 0. The third-order valence-corrected chi connectivity index (χ3v) is 2.31. The van der Waals surface area contributed by atoms with Crippen LogP contribution < -0.4 is 10.5 Å². The Kier molecular flexibility index (Phi) is 2.03. The van der Waals surface area contributed by atoms with Crippen LogP contribution in [0.4, 0.5) is 0 Å². The first-order valence-corrected chi connectivity index (χ1v) is 4.81. The van der Waals surface area contributed by atoms with Gasteiger partial charge >= 0.3 is 0 Å². The lowest BCUT2D eigenvalue weighted by Crippen LogP contribution is -2.31. The minimum absolute atomic E-state index is 0.418. The fourth-order valence-corrected chi connectivity index (χ4v) is 1.72. The lowest BCUT2D eigenvalue weighted by Gasteiger charge is -2.30. The fourth-order valence-electron chi connectivity index (χ4n) is 1.72. The highest BCUT2D eigenvalue weighted by atomic mass is 16.5. The molecule has 0 saturated heterocycles. The van der Waals surface area contributed by atoms with Crippen LogP contribution in [-0.4, -0.2) is 11.5 Å². The number of amides is 1. The van der Waals surface area contributed by atoms with Gasteiger partial charge in [0.25, 0.3) is 0 Å². The molecule has 2 rings (SSSR count). The van der Waals surface area contributed by atoms with E-state index < -0.39 is 11.5 Å². The number of carbonyl (C=O) groups is 1. The Balaban J connectivity index is 2.60. The van der Waals surface area contributed by atoms with Crippen LogP contribution in [-0.2, 0) is 4.79 Å². The number of hydrogen-bond acceptors (Lipinski definition) is 2. The Morgan fingerprint density at radius 3 is 2.67 bits per heavy atom. The van der Waals surface area contributed by atoms with Gasteiger partial charge in [-0.1, -0.05) is 18.2 Å². The fraction of sp³-hybridized carbons (Fsp3) is 0.250. The predicted octanol–water partition coefficient (Wildman–Crippen LogP) is 1.73. The lowest BCUT2D eigenvalue weighted by molar-refractivity contribution is -0.112. The minimum Gasteiger partial charge on any atom is -0.483 e. The molecule has 0 radical (unpaired) electrons. The summed E-state index contributed by atoms with van der Waals surface area (Å²) in [5.41, 5.74) is 6.15. The van der Waals surface area contributed by atoms with Crippen molar-refractivity contribution in [2.45, 2.75) is 19.4 Å². The second-order valence-corrected chi connectivity index (χ2v) is 4.12. The van der Waals surface area contributed by atoms with E-state index in [1.165, 1.54) is 0 Å². The Labute approximate surface area is 88.5 Å². The predicted molar refractivity (Wildman–Crippen MR) is 58.3 cm³/mol. The number of ether oxygens (including phenoxy) is 1. The molecule has 0 unspecified atom stereocenters. The van der Waals surface area contributed by atoms with E-state index in [9.17, 15) is 4.79 Å². The van der Waals surface area contributed by atoms with Gasteiger partial charge in [0.2, 0.25) is 5.91 Å². The van der Waals surface area contributed by atoms with Gasteiger partial charge in [0.15, 0.2) is 0 Å². The molecule has 1 amide bonds. The lowest BCUT2D eigenvalue weighted by atomic mass is 9.94. The van der Waals surface area contributed by atoms with E-state index >= 15 is 0 Å². The number of primary amides is 1. The van der Waals surface area contributed by atoms with Crippen LogP contribution in [0, 0.1) is 0 Å². The first-order valence-electron chi connectivity index (χ1n) is 4.81. The Bertz CT molecular complexity index is 447. The molecule has 0 spiro atoms. The highest BCUT2D eigenvalue weighted by Crippen LogP contribution is 2.35. The normalized spacial score (nSPS) is 17.3. The largest absolute Gasteiger partial charge is 0.483 e. The summed E-state index contributed by atoms with van der Waals surface area (Å²) in [6, 6.07) is 7.41. The van der Waals surface area contributed by atoms with Gasteiger partial charge in [-0.25, -0.2) is 0 Å². The van der Waals surface area contributed by atoms with Crippen LogP contribution >= 0.6 is 0 Å². The Morgan fingerprint density at radius 2 is 2.00 bits per heavy atom. The number of carbonyl (C=O) groups excluding carboxylic acids is 1. The number of hydrogen-bond donors (Lipinski definition) is 1. The number of fused-ring (bicyclic) bond motifs is 1. The molecule has 1 heterocycles. The van der Waals surface area contributed by atoms with E-state index in [0.717, 1.165) is 5.56 Å². The molecule has 0 saturated carbocycles. The maximum Gasteiger partial charge on any atom is 0.249 e. The molecule has 78 valence electrons. The van der Waals surface area contributed by atoms with Gasteiger partial charge in [0, 0.05) is 11.1 Å². The van der Waals surface area contributed by atoms with Crippen LogP contribution in [0.1, 0.15) is 19.4 Å². The van der Waals surface area contributed by atoms with E-state index in [0.29, 0.717) is 11.3 Å². The second kappa shape index (κ2) is 3.12. The molecular weight excluding hydrogens is 190 g/mol. The zero-order valence-electron chi connectivity index (χ0n) is 8.78. The molecule has 1 aliphatic heterocycles. The zero-order valence-corrected chi connectivity index (χ0v) is 8.78. The number of benzene rings is 1. The van der Waals surface area contributed by atoms with Crippen LogP contribution in [0.15, 0.2) is 30.3 Å². The highest BCUT2D eigenvalue weighted by Gasteiger charge is 2.28. The van der Waals surface area contributed by atoms with E-state index in [4.69, 9.17) is 10.5 Å². The van der Waals surface area contributed by atoms with E-state index in [1.807, 2.05) is 38.1 Å². The molecule has 3 heteroatoms. The quantitative estimate of drug-likeness (QED) is 0.755. The average molecular weight is 203 g/mol. The van der Waals surface area contributed by atoms with Gasteiger partial charge in [0.1, 0.15) is 11.4 Å². The van der Waals surface area contributed by atoms with E-state index in [1.54, 1.807) is 6.08 Å². The number of rotatable bonds is 1. The number of nitrogens with two attached hydrogens (primary N) is 1. The highest BCUT2D eigenvalue weighted by molar-refractivity contribution is 6.20. The molecule has 0 fully saturated rings. The van der Waals surface area contributed by atoms with Crippen LogP contribution in [0.25, 0.3) is 5.57 Å². The Hall–Kier alpha value is -1.77. The van der Waals surface area contributed by atoms with Crippen LogP contribution in [0.2, 0.25) is 0 Å². The van der Waals surface area contributed by atoms with Crippen LogP contribution in [0.3, 0.4) is 0 Å². The maximum absolute atomic E-state index is 11.3. The second-order valence-electron chi connectivity index (χ2n) is 4.12. The van der Waals surface area contributed by atoms with Crippen molar-refractivity contribution in [3.05, 3.63) is 35.9 Å². The summed E-state index contributed by atoms with van der Waals surface area (Å²) in [6.07, 6.45) is 1.76. The van der Waals surface area contributed by atoms with Crippen molar-refractivity contribution in [1.82, 2.24) is 0 Å². The van der Waals surface area contributed by atoms with Crippen molar-refractivity contribution < 1.29 is 9.53 Å². The smallest absolute Gasteiger partial charge is 0.249 e. The van der Waals surface area contributed by atoms with Crippen molar-refractivity contribution in [3.63, 3.8) is 0 Å². The summed E-state index contributed by atoms with van der Waals surface area (Å²) in [5, 5.41) is 0. The summed E-state index contributed by atoms with van der Waals surface area (Å²) < 4.78 is 5.72. The molecule has 1 aromatic carbocycles. The monoisotopic (exact) mass is 203 g/mol. The van der Waals surface area contributed by atoms with Crippen molar-refractivity contribution in [2.24, 2.45) is 5.73 Å². The molecular formula is C12H13NO2. The van der Waals surface area contributed by atoms with E-state index in [-0.39, 0.29) is 0 Å². The van der Waals surface area contributed by atoms with Crippen molar-refractivity contribution in [3.8, 4) is 5.75 Å². The van der Waals surface area contributed by atoms with Gasteiger partial charge in [-0.2, -0.15) is 0 Å². The maximum atomic E-state index is 11.3. The molecule has 15 heavy (non-hydrogen) atoms. The standard InChI is InChI=1S/C12H13NO2/c1-12(2)7-9(11(13)14)8-5-3-4-6-10(8)15-12/h3-7H,1-2H3,(H2,13,14). The van der Waals surface area contributed by atoms with Crippen LogP contribution in [0.5, 0.6) is 5.75 Å². The molecule has 2 N–H and O–H groups in total. The SMILES string of the molecule is CC1(C)C=C(C(N)=O)c2ccccc2O1. The third-order valence-electron chi connectivity index (χ3n) is 2.31. The van der Waals surface area contributed by atoms with Crippen molar-refractivity contribution >= 4 is 11.5 Å². The topological polar surface area (TPSA) is 52.3 Å². The first kappa shape index (κ1) is 9.77. The van der Waals surface area contributed by atoms with Gasteiger partial charge in [-0.3, -0.25) is 4.79 Å². The molecule has 0 bridgehead atoms. The molecule has 3 nitrogen and oxygen atoms in total.